The van der Waals surface area contributed by atoms with Crippen LogP contribution in [0.25, 0.3) is 64.3 Å². The third-order valence-corrected chi connectivity index (χ3v) is 10.3. The molecule has 0 aliphatic rings. The number of hydrogen-bond acceptors (Lipinski definition) is 3. The van der Waals surface area contributed by atoms with E-state index >= 15 is 0 Å². The Balaban J connectivity index is 1.17. The summed E-state index contributed by atoms with van der Waals surface area (Å²) in [5.41, 5.74) is 9.27. The summed E-state index contributed by atoms with van der Waals surface area (Å²) in [7, 11) is 0. The van der Waals surface area contributed by atoms with Gasteiger partial charge in [-0.1, -0.05) is 152 Å². The van der Waals surface area contributed by atoms with Gasteiger partial charge in [-0.2, -0.15) is 0 Å². The van der Waals surface area contributed by atoms with Crippen molar-refractivity contribution in [1.29, 1.82) is 0 Å². The zero-order valence-electron chi connectivity index (χ0n) is 26.1. The number of anilines is 3. The van der Waals surface area contributed by atoms with Crippen molar-refractivity contribution in [2.75, 3.05) is 4.90 Å². The van der Waals surface area contributed by atoms with Crippen LogP contribution in [-0.4, -0.2) is 4.98 Å². The topological polar surface area (TPSA) is 16.1 Å². The number of rotatable bonds is 6. The maximum absolute atomic E-state index is 5.13. The molecule has 226 valence electrons. The Morgan fingerprint density at radius 1 is 0.438 bits per heavy atom. The van der Waals surface area contributed by atoms with Crippen LogP contribution < -0.4 is 4.90 Å². The van der Waals surface area contributed by atoms with Crippen LogP contribution in [0.5, 0.6) is 0 Å². The van der Waals surface area contributed by atoms with Crippen molar-refractivity contribution in [2.24, 2.45) is 0 Å². The van der Waals surface area contributed by atoms with Crippen molar-refractivity contribution in [2.45, 2.75) is 0 Å². The molecular formula is C45H30N2S. The van der Waals surface area contributed by atoms with Crippen LogP contribution in [0.3, 0.4) is 0 Å². The van der Waals surface area contributed by atoms with Crippen molar-refractivity contribution in [3.8, 4) is 33.4 Å². The van der Waals surface area contributed by atoms with Crippen molar-refractivity contribution in [3.05, 3.63) is 182 Å². The summed E-state index contributed by atoms with van der Waals surface area (Å²) in [5.74, 6) is 0.888. The van der Waals surface area contributed by atoms with Crippen LogP contribution in [0.1, 0.15) is 0 Å². The Labute approximate surface area is 283 Å². The second kappa shape index (κ2) is 12.0. The van der Waals surface area contributed by atoms with Crippen LogP contribution in [0.15, 0.2) is 182 Å². The molecule has 0 aliphatic heterocycles. The molecule has 9 rings (SSSR count). The first kappa shape index (κ1) is 28.2. The van der Waals surface area contributed by atoms with E-state index in [2.05, 4.69) is 181 Å². The van der Waals surface area contributed by atoms with Gasteiger partial charge in [-0.15, -0.1) is 11.3 Å². The number of nitrogens with zero attached hydrogens (tertiary/aromatic N) is 2. The first-order valence-corrected chi connectivity index (χ1v) is 17.0. The standard InChI is InChI=1S/C45H30N2S/c1-3-11-31(12-4-1)32-19-21-33(22-20-32)34-23-26-37(27-24-34)47(42-18-10-9-16-38(42)35-13-5-2-6-14-35)44-29-41-40-28-25-36-15-7-8-17-39(36)45(40)48-43(41)30-46-44/h1-30H. The molecule has 3 heteroatoms. The fraction of sp³-hybridized carbons (Fsp3) is 0. The summed E-state index contributed by atoms with van der Waals surface area (Å²) < 4.78 is 2.50. The molecule has 0 saturated heterocycles. The van der Waals surface area contributed by atoms with E-state index in [1.165, 1.54) is 58.8 Å². The molecule has 2 heterocycles. The van der Waals surface area contributed by atoms with Gasteiger partial charge in [0, 0.05) is 32.9 Å². The zero-order valence-corrected chi connectivity index (χ0v) is 26.9. The van der Waals surface area contributed by atoms with Gasteiger partial charge < -0.3 is 0 Å². The number of aromatic nitrogens is 1. The van der Waals surface area contributed by atoms with Gasteiger partial charge in [-0.3, -0.25) is 4.90 Å². The Morgan fingerprint density at radius 2 is 1.02 bits per heavy atom. The molecule has 2 aromatic heterocycles. The molecule has 0 N–H and O–H groups in total. The minimum atomic E-state index is 0.888. The number of fused-ring (bicyclic) bond motifs is 5. The molecule has 0 saturated carbocycles. The van der Waals surface area contributed by atoms with Gasteiger partial charge in [0.2, 0.25) is 0 Å². The molecule has 0 unspecified atom stereocenters. The molecule has 0 radical (unpaired) electrons. The summed E-state index contributed by atoms with van der Waals surface area (Å²) in [4.78, 5) is 7.43. The highest BCUT2D eigenvalue weighted by molar-refractivity contribution is 7.26. The third-order valence-electron chi connectivity index (χ3n) is 9.14. The van der Waals surface area contributed by atoms with Crippen LogP contribution in [-0.2, 0) is 0 Å². The lowest BCUT2D eigenvalue weighted by atomic mass is 9.99. The van der Waals surface area contributed by atoms with E-state index in [1.807, 2.05) is 17.5 Å². The van der Waals surface area contributed by atoms with Gasteiger partial charge in [-0.25, -0.2) is 4.98 Å². The lowest BCUT2D eigenvalue weighted by Gasteiger charge is -2.27. The van der Waals surface area contributed by atoms with E-state index in [-0.39, 0.29) is 0 Å². The van der Waals surface area contributed by atoms with E-state index in [9.17, 15) is 0 Å². The van der Waals surface area contributed by atoms with E-state index < -0.39 is 0 Å². The first-order valence-electron chi connectivity index (χ1n) is 16.2. The minimum absolute atomic E-state index is 0.888. The predicted molar refractivity (Wildman–Crippen MR) is 206 cm³/mol. The van der Waals surface area contributed by atoms with E-state index in [4.69, 9.17) is 4.98 Å². The van der Waals surface area contributed by atoms with E-state index in [0.717, 1.165) is 22.8 Å². The maximum atomic E-state index is 5.13. The summed E-state index contributed by atoms with van der Waals surface area (Å²) in [6, 6.07) is 62.8. The van der Waals surface area contributed by atoms with E-state index in [1.54, 1.807) is 0 Å². The average Bonchev–Trinajstić information content (AvgIpc) is 3.55. The molecule has 0 atom stereocenters. The Kier molecular flexibility index (Phi) is 7.03. The molecule has 0 spiro atoms. The highest BCUT2D eigenvalue weighted by Crippen LogP contribution is 2.44. The monoisotopic (exact) mass is 630 g/mol. The predicted octanol–water partition coefficient (Wildman–Crippen LogP) is 13.1. The van der Waals surface area contributed by atoms with Gasteiger partial charge in [0.1, 0.15) is 5.82 Å². The molecule has 0 amide bonds. The largest absolute Gasteiger partial charge is 0.294 e. The summed E-state index contributed by atoms with van der Waals surface area (Å²) in [5, 5.41) is 5.04. The fourth-order valence-corrected chi connectivity index (χ4v) is 7.92. The quantitative estimate of drug-likeness (QED) is 0.182. The molecule has 7 aromatic carbocycles. The van der Waals surface area contributed by atoms with Crippen LogP contribution in [0.2, 0.25) is 0 Å². The van der Waals surface area contributed by atoms with Gasteiger partial charge in [0.15, 0.2) is 0 Å². The van der Waals surface area contributed by atoms with Gasteiger partial charge in [-0.05, 0) is 62.9 Å². The Hall–Kier alpha value is -6.03. The normalized spacial score (nSPS) is 11.3. The number of hydrogen-bond donors (Lipinski definition) is 0. The number of thiophene rings is 1. The highest BCUT2D eigenvalue weighted by Gasteiger charge is 2.20. The van der Waals surface area contributed by atoms with Crippen LogP contribution >= 0.6 is 11.3 Å². The average molecular weight is 631 g/mol. The minimum Gasteiger partial charge on any atom is -0.294 e. The van der Waals surface area contributed by atoms with Crippen LogP contribution in [0.4, 0.5) is 17.2 Å². The van der Waals surface area contributed by atoms with E-state index in [0.29, 0.717) is 0 Å². The third kappa shape index (κ3) is 5.02. The molecule has 0 bridgehead atoms. The summed E-state index contributed by atoms with van der Waals surface area (Å²) in [6.45, 7) is 0. The van der Waals surface area contributed by atoms with Crippen LogP contribution in [0, 0.1) is 0 Å². The highest BCUT2D eigenvalue weighted by atomic mass is 32.1. The van der Waals surface area contributed by atoms with Gasteiger partial charge in [0.25, 0.3) is 0 Å². The number of pyridine rings is 1. The van der Waals surface area contributed by atoms with Crippen molar-refractivity contribution >= 4 is 59.5 Å². The van der Waals surface area contributed by atoms with Crippen molar-refractivity contribution in [1.82, 2.24) is 4.98 Å². The van der Waals surface area contributed by atoms with Gasteiger partial charge in [0.05, 0.1) is 10.4 Å². The summed E-state index contributed by atoms with van der Waals surface area (Å²) >= 11 is 1.82. The second-order valence-corrected chi connectivity index (χ2v) is 13.1. The first-order chi connectivity index (χ1) is 23.8. The zero-order chi connectivity index (χ0) is 31.9. The lowest BCUT2D eigenvalue weighted by molar-refractivity contribution is 1.20. The molecule has 0 aliphatic carbocycles. The molecule has 0 fully saturated rings. The molecule has 2 nitrogen and oxygen atoms in total. The Morgan fingerprint density at radius 3 is 1.75 bits per heavy atom. The fourth-order valence-electron chi connectivity index (χ4n) is 6.73. The Bertz CT molecular complexity index is 2540. The maximum Gasteiger partial charge on any atom is 0.138 e. The second-order valence-electron chi connectivity index (χ2n) is 12.0. The number of para-hydroxylation sites is 1. The molecular weight excluding hydrogens is 601 g/mol. The van der Waals surface area contributed by atoms with Crippen molar-refractivity contribution in [3.63, 3.8) is 0 Å². The number of benzene rings is 7. The molecule has 48 heavy (non-hydrogen) atoms. The molecule has 9 aromatic rings. The lowest BCUT2D eigenvalue weighted by Crippen LogP contribution is -2.12. The summed E-state index contributed by atoms with van der Waals surface area (Å²) in [6.07, 6.45) is 2.05. The smallest absolute Gasteiger partial charge is 0.138 e. The van der Waals surface area contributed by atoms with Gasteiger partial charge >= 0.3 is 0 Å². The SMILES string of the molecule is c1ccc(-c2ccc(-c3ccc(N(c4cc5c(cn4)sc4c6ccccc6ccc54)c4ccccc4-c4ccccc4)cc3)cc2)cc1. The van der Waals surface area contributed by atoms with Crippen molar-refractivity contribution < 1.29 is 0 Å².